The van der Waals surface area contributed by atoms with E-state index in [-0.39, 0.29) is 10.8 Å². The second-order valence-corrected chi connectivity index (χ2v) is 5.25. The fraction of sp³-hybridized carbons (Fsp3) is 0.200. The van der Waals surface area contributed by atoms with Crippen molar-refractivity contribution in [1.29, 1.82) is 0 Å². The number of nitrogens with one attached hydrogen (secondary N) is 3. The Morgan fingerprint density at radius 1 is 1.33 bits per heavy atom. The summed E-state index contributed by atoms with van der Waals surface area (Å²) in [7, 11) is -1.86. The van der Waals surface area contributed by atoms with Gasteiger partial charge in [0, 0.05) is 30.8 Å². The van der Waals surface area contributed by atoms with Gasteiger partial charge < -0.3 is 10.3 Å². The molecule has 3 N–H and O–H groups in total. The Labute approximate surface area is 105 Å². The van der Waals surface area contributed by atoms with E-state index in [9.17, 15) is 8.42 Å². The number of H-pyrrole nitrogens is 1. The molecule has 0 aliphatic carbocycles. The van der Waals surface area contributed by atoms with Gasteiger partial charge in [0.15, 0.2) is 0 Å². The standard InChI is InChI=1S/C10H13N5O2S/c1-11-6-8-5-9(7-14-8)18(16,17)15-10-12-3-2-4-13-10/h2-5,7,11,14H,6H2,1H3,(H,12,13,15). The van der Waals surface area contributed by atoms with E-state index in [2.05, 4.69) is 25.0 Å². The molecule has 0 spiro atoms. The van der Waals surface area contributed by atoms with Gasteiger partial charge in [-0.05, 0) is 19.2 Å². The van der Waals surface area contributed by atoms with Crippen molar-refractivity contribution < 1.29 is 8.42 Å². The number of sulfonamides is 1. The largest absolute Gasteiger partial charge is 0.363 e. The molecule has 0 fully saturated rings. The topological polar surface area (TPSA) is 99.8 Å². The summed E-state index contributed by atoms with van der Waals surface area (Å²) < 4.78 is 26.3. The maximum atomic E-state index is 12.0. The average Bonchev–Trinajstić information content (AvgIpc) is 2.80. The summed E-state index contributed by atoms with van der Waals surface area (Å²) >= 11 is 0. The van der Waals surface area contributed by atoms with Gasteiger partial charge in [0.1, 0.15) is 4.90 Å². The van der Waals surface area contributed by atoms with Crippen LogP contribution in [0.15, 0.2) is 35.6 Å². The molecule has 2 heterocycles. The number of hydrogen-bond donors (Lipinski definition) is 3. The first-order valence-electron chi connectivity index (χ1n) is 5.23. The van der Waals surface area contributed by atoms with E-state index in [0.29, 0.717) is 6.54 Å². The van der Waals surface area contributed by atoms with Crippen LogP contribution in [0.2, 0.25) is 0 Å². The van der Waals surface area contributed by atoms with E-state index >= 15 is 0 Å². The molecule has 0 amide bonds. The van der Waals surface area contributed by atoms with Gasteiger partial charge in [0.05, 0.1) is 0 Å². The zero-order valence-corrected chi connectivity index (χ0v) is 10.5. The van der Waals surface area contributed by atoms with E-state index < -0.39 is 10.0 Å². The highest BCUT2D eigenvalue weighted by molar-refractivity contribution is 7.92. The SMILES string of the molecule is CNCc1cc(S(=O)(=O)Nc2ncccn2)c[nH]1. The van der Waals surface area contributed by atoms with Crippen LogP contribution in [0.1, 0.15) is 5.69 Å². The number of rotatable bonds is 5. The Balaban J connectivity index is 2.20. The van der Waals surface area contributed by atoms with Gasteiger partial charge in [-0.15, -0.1) is 0 Å². The Kier molecular flexibility index (Phi) is 3.58. The lowest BCUT2D eigenvalue weighted by molar-refractivity contribution is 0.601. The van der Waals surface area contributed by atoms with Crippen molar-refractivity contribution in [3.05, 3.63) is 36.4 Å². The summed E-state index contributed by atoms with van der Waals surface area (Å²) in [5.41, 5.74) is 0.784. The van der Waals surface area contributed by atoms with Crippen LogP contribution in [0.3, 0.4) is 0 Å². The van der Waals surface area contributed by atoms with Crippen molar-refractivity contribution in [2.45, 2.75) is 11.4 Å². The number of hydrogen-bond acceptors (Lipinski definition) is 5. The average molecular weight is 267 g/mol. The summed E-state index contributed by atoms with van der Waals surface area (Å²) in [5.74, 6) is 0.0499. The molecule has 7 nitrogen and oxygen atoms in total. The van der Waals surface area contributed by atoms with E-state index in [0.717, 1.165) is 5.69 Å². The Morgan fingerprint density at radius 2 is 2.06 bits per heavy atom. The molecule has 0 aromatic carbocycles. The summed E-state index contributed by atoms with van der Waals surface area (Å²) in [6.07, 6.45) is 4.36. The lowest BCUT2D eigenvalue weighted by Gasteiger charge is -2.03. The second kappa shape index (κ2) is 5.15. The summed E-state index contributed by atoms with van der Waals surface area (Å²) in [6.45, 7) is 0.567. The first-order chi connectivity index (χ1) is 8.62. The van der Waals surface area contributed by atoms with Crippen molar-refractivity contribution in [2.24, 2.45) is 0 Å². The number of aromatic nitrogens is 3. The lowest BCUT2D eigenvalue weighted by Crippen LogP contribution is -2.14. The fourth-order valence-corrected chi connectivity index (χ4v) is 2.37. The monoisotopic (exact) mass is 267 g/mol. The van der Waals surface area contributed by atoms with Crippen LogP contribution in [0, 0.1) is 0 Å². The Morgan fingerprint density at radius 3 is 2.72 bits per heavy atom. The van der Waals surface area contributed by atoms with E-state index in [1.807, 2.05) is 0 Å². The molecular weight excluding hydrogens is 254 g/mol. The molecule has 0 bridgehead atoms. The molecule has 0 aliphatic heterocycles. The molecule has 0 unspecified atom stereocenters. The first-order valence-corrected chi connectivity index (χ1v) is 6.72. The van der Waals surface area contributed by atoms with Gasteiger partial charge in [-0.2, -0.15) is 0 Å². The number of aromatic amines is 1. The van der Waals surface area contributed by atoms with Crippen molar-refractivity contribution in [3.63, 3.8) is 0 Å². The smallest absolute Gasteiger partial charge is 0.265 e. The molecule has 18 heavy (non-hydrogen) atoms. The summed E-state index contributed by atoms with van der Waals surface area (Å²) in [5, 5.41) is 2.93. The Bertz CT molecular complexity index is 608. The minimum Gasteiger partial charge on any atom is -0.363 e. The van der Waals surface area contributed by atoms with Crippen molar-refractivity contribution >= 4 is 16.0 Å². The minimum atomic E-state index is -3.64. The van der Waals surface area contributed by atoms with Gasteiger partial charge >= 0.3 is 0 Å². The first kappa shape index (κ1) is 12.5. The molecule has 0 radical (unpaired) electrons. The van der Waals surface area contributed by atoms with Crippen molar-refractivity contribution in [3.8, 4) is 0 Å². The Hall–Kier alpha value is -1.93. The molecule has 0 saturated heterocycles. The molecule has 0 atom stereocenters. The predicted molar refractivity (Wildman–Crippen MR) is 66.4 cm³/mol. The lowest BCUT2D eigenvalue weighted by atomic mass is 10.4. The zero-order valence-electron chi connectivity index (χ0n) is 9.71. The van der Waals surface area contributed by atoms with Crippen LogP contribution in [0.4, 0.5) is 5.95 Å². The van der Waals surface area contributed by atoms with Crippen LogP contribution in [-0.2, 0) is 16.6 Å². The third-order valence-corrected chi connectivity index (χ3v) is 3.49. The maximum absolute atomic E-state index is 12.0. The molecule has 2 aromatic rings. The van der Waals surface area contributed by atoms with Gasteiger partial charge in [0.2, 0.25) is 5.95 Å². The van der Waals surface area contributed by atoms with Crippen molar-refractivity contribution in [1.82, 2.24) is 20.3 Å². The molecule has 2 rings (SSSR count). The van der Waals surface area contributed by atoms with Crippen LogP contribution in [0.25, 0.3) is 0 Å². The van der Waals surface area contributed by atoms with Crippen LogP contribution in [-0.4, -0.2) is 30.4 Å². The van der Waals surface area contributed by atoms with Gasteiger partial charge in [-0.25, -0.2) is 23.1 Å². The quantitative estimate of drug-likeness (QED) is 0.724. The highest BCUT2D eigenvalue weighted by atomic mass is 32.2. The zero-order chi connectivity index (χ0) is 13.0. The van der Waals surface area contributed by atoms with Gasteiger partial charge in [-0.3, -0.25) is 0 Å². The third-order valence-electron chi connectivity index (χ3n) is 2.19. The van der Waals surface area contributed by atoms with E-state index in [1.165, 1.54) is 18.6 Å². The molecule has 8 heteroatoms. The van der Waals surface area contributed by atoms with Gasteiger partial charge in [0.25, 0.3) is 10.0 Å². The fourth-order valence-electron chi connectivity index (χ4n) is 1.40. The number of nitrogens with zero attached hydrogens (tertiary/aromatic N) is 2. The highest BCUT2D eigenvalue weighted by Gasteiger charge is 2.17. The molecule has 96 valence electrons. The number of anilines is 1. The minimum absolute atomic E-state index is 0.0499. The molecule has 2 aromatic heterocycles. The van der Waals surface area contributed by atoms with Crippen LogP contribution < -0.4 is 10.0 Å². The molecule has 0 saturated carbocycles. The molecular formula is C10H13N5O2S. The maximum Gasteiger partial charge on any atom is 0.265 e. The normalized spacial score (nSPS) is 11.4. The predicted octanol–water partition coefficient (Wildman–Crippen LogP) is 0.325. The van der Waals surface area contributed by atoms with Crippen LogP contribution in [0.5, 0.6) is 0 Å². The summed E-state index contributed by atoms with van der Waals surface area (Å²) in [4.78, 5) is 10.6. The van der Waals surface area contributed by atoms with Crippen LogP contribution >= 0.6 is 0 Å². The third kappa shape index (κ3) is 2.84. The van der Waals surface area contributed by atoms with E-state index in [1.54, 1.807) is 19.2 Å². The highest BCUT2D eigenvalue weighted by Crippen LogP contribution is 2.13. The molecule has 0 aliphatic rings. The second-order valence-electron chi connectivity index (χ2n) is 3.57. The van der Waals surface area contributed by atoms with Gasteiger partial charge in [-0.1, -0.05) is 0 Å². The van der Waals surface area contributed by atoms with E-state index in [4.69, 9.17) is 0 Å². The van der Waals surface area contributed by atoms with Crippen molar-refractivity contribution in [2.75, 3.05) is 11.8 Å². The summed E-state index contributed by atoms with van der Waals surface area (Å²) in [6, 6.07) is 3.17.